The molecular formula is C6H5N3O. The molecule has 1 N–H and O–H groups in total. The van der Waals surface area contributed by atoms with Crippen LogP contribution < -0.4 is 5.49 Å². The van der Waals surface area contributed by atoms with Gasteiger partial charge < -0.3 is 4.52 Å². The Bertz CT molecular complexity index is 400. The molecule has 0 aliphatic carbocycles. The second kappa shape index (κ2) is 1.70. The molecule has 2 aromatic heterocycles. The zero-order valence-electron chi connectivity index (χ0n) is 5.11. The van der Waals surface area contributed by atoms with Gasteiger partial charge in [0.15, 0.2) is 5.49 Å². The zero-order chi connectivity index (χ0) is 6.97. The van der Waals surface area contributed by atoms with Gasteiger partial charge >= 0.3 is 0 Å². The maximum absolute atomic E-state index is 7.29. The van der Waals surface area contributed by atoms with Crippen molar-refractivity contribution in [2.45, 2.75) is 0 Å². The van der Waals surface area contributed by atoms with Crippen LogP contribution in [0, 0.1) is 5.41 Å². The molecule has 0 spiro atoms. The highest BCUT2D eigenvalue weighted by Crippen LogP contribution is 1.95. The first-order chi connectivity index (χ1) is 4.88. The van der Waals surface area contributed by atoms with Crippen LogP contribution in [0.2, 0.25) is 0 Å². The van der Waals surface area contributed by atoms with Crippen molar-refractivity contribution in [3.05, 3.63) is 30.2 Å². The average Bonchev–Trinajstić information content (AvgIpc) is 2.36. The van der Waals surface area contributed by atoms with E-state index in [-0.39, 0.29) is 5.49 Å². The molecule has 2 heterocycles. The van der Waals surface area contributed by atoms with Gasteiger partial charge in [-0.3, -0.25) is 10.4 Å². The van der Waals surface area contributed by atoms with E-state index in [0.29, 0.717) is 0 Å². The summed E-state index contributed by atoms with van der Waals surface area (Å²) in [4.78, 5) is 3.82. The number of nitrogens with one attached hydrogen (secondary N) is 1. The molecule has 0 saturated carbocycles. The molecule has 0 amide bonds. The minimum Gasteiger partial charge on any atom is -0.381 e. The molecule has 0 unspecified atom stereocenters. The molecule has 4 nitrogen and oxygen atoms in total. The van der Waals surface area contributed by atoms with Crippen LogP contribution in [-0.2, 0) is 0 Å². The number of nitrogens with zero attached hydrogens (tertiary/aromatic N) is 2. The molecule has 0 aliphatic heterocycles. The van der Waals surface area contributed by atoms with Crippen molar-refractivity contribution in [2.75, 3.05) is 0 Å². The van der Waals surface area contributed by atoms with Gasteiger partial charge in [-0.25, -0.2) is 0 Å². The molecule has 2 aromatic rings. The molecule has 10 heavy (non-hydrogen) atoms. The Kier molecular flexibility index (Phi) is 0.887. The minimum atomic E-state index is 0.252. The molecule has 0 aromatic carbocycles. The molecule has 2 rings (SSSR count). The fourth-order valence-corrected chi connectivity index (χ4v) is 0.818. The van der Waals surface area contributed by atoms with E-state index in [1.165, 1.54) is 17.0 Å². The van der Waals surface area contributed by atoms with Gasteiger partial charge in [-0.1, -0.05) is 0 Å². The first-order valence-corrected chi connectivity index (χ1v) is 2.83. The van der Waals surface area contributed by atoms with Gasteiger partial charge in [-0.15, -0.1) is 0 Å². The molecule has 0 radical (unpaired) electrons. The second-order valence-electron chi connectivity index (χ2n) is 1.92. The summed E-state index contributed by atoms with van der Waals surface area (Å²) < 4.78 is 6.33. The molecule has 4 heteroatoms. The Hall–Kier alpha value is -1.58. The van der Waals surface area contributed by atoms with E-state index in [1.807, 2.05) is 0 Å². The van der Waals surface area contributed by atoms with E-state index in [2.05, 4.69) is 4.98 Å². The number of aromatic nitrogens is 2. The van der Waals surface area contributed by atoms with Crippen LogP contribution in [0.3, 0.4) is 0 Å². The summed E-state index contributed by atoms with van der Waals surface area (Å²) in [6.45, 7) is 0. The van der Waals surface area contributed by atoms with Crippen LogP contribution in [0.25, 0.3) is 5.52 Å². The highest BCUT2D eigenvalue weighted by Gasteiger charge is 1.92. The third kappa shape index (κ3) is 0.556. The van der Waals surface area contributed by atoms with Crippen molar-refractivity contribution >= 4 is 5.52 Å². The summed E-state index contributed by atoms with van der Waals surface area (Å²) >= 11 is 0. The molecule has 0 fully saturated rings. The van der Waals surface area contributed by atoms with Crippen LogP contribution in [0.1, 0.15) is 0 Å². The Labute approximate surface area is 56.2 Å². The lowest BCUT2D eigenvalue weighted by Gasteiger charge is -1.87. The predicted molar refractivity (Wildman–Crippen MR) is 33.3 cm³/mol. The summed E-state index contributed by atoms with van der Waals surface area (Å²) in [6.07, 6.45) is 4.59. The van der Waals surface area contributed by atoms with E-state index < -0.39 is 0 Å². The SMILES string of the molecule is N=c1cncc2ccon12. The first-order valence-electron chi connectivity index (χ1n) is 2.83. The Balaban J connectivity index is 3.09. The van der Waals surface area contributed by atoms with E-state index in [4.69, 9.17) is 9.93 Å². The maximum Gasteiger partial charge on any atom is 0.180 e. The maximum atomic E-state index is 7.29. The Morgan fingerprint density at radius 1 is 1.50 bits per heavy atom. The molecule has 0 aliphatic rings. The lowest BCUT2D eigenvalue weighted by molar-refractivity contribution is 0.359. The minimum absolute atomic E-state index is 0.252. The molecular weight excluding hydrogens is 130 g/mol. The zero-order valence-corrected chi connectivity index (χ0v) is 5.11. The normalized spacial score (nSPS) is 10.4. The number of rotatable bonds is 0. The predicted octanol–water partition coefficient (Wildman–Crippen LogP) is 0.407. The smallest absolute Gasteiger partial charge is 0.180 e. The monoisotopic (exact) mass is 135 g/mol. The van der Waals surface area contributed by atoms with Crippen molar-refractivity contribution in [3.63, 3.8) is 0 Å². The largest absolute Gasteiger partial charge is 0.381 e. The van der Waals surface area contributed by atoms with E-state index >= 15 is 0 Å². The lowest BCUT2D eigenvalue weighted by Crippen LogP contribution is -2.09. The quantitative estimate of drug-likeness (QED) is 0.568. The van der Waals surface area contributed by atoms with Gasteiger partial charge in [-0.05, 0) is 0 Å². The third-order valence-electron chi connectivity index (χ3n) is 1.26. The van der Waals surface area contributed by atoms with Gasteiger partial charge in [0, 0.05) is 6.07 Å². The van der Waals surface area contributed by atoms with Gasteiger partial charge in [0.25, 0.3) is 0 Å². The van der Waals surface area contributed by atoms with Gasteiger partial charge in [0.05, 0.1) is 12.4 Å². The van der Waals surface area contributed by atoms with Crippen LogP contribution in [0.4, 0.5) is 0 Å². The summed E-state index contributed by atoms with van der Waals surface area (Å²) in [5, 5.41) is 7.29. The molecule has 0 bridgehead atoms. The van der Waals surface area contributed by atoms with Gasteiger partial charge in [0.1, 0.15) is 11.8 Å². The number of hydrogen-bond donors (Lipinski definition) is 1. The van der Waals surface area contributed by atoms with E-state index in [1.54, 1.807) is 12.3 Å². The van der Waals surface area contributed by atoms with Gasteiger partial charge in [0.2, 0.25) is 0 Å². The van der Waals surface area contributed by atoms with Crippen molar-refractivity contribution in [3.8, 4) is 0 Å². The Morgan fingerprint density at radius 3 is 3.20 bits per heavy atom. The molecule has 0 atom stereocenters. The van der Waals surface area contributed by atoms with Crippen molar-refractivity contribution < 1.29 is 4.52 Å². The highest BCUT2D eigenvalue weighted by atomic mass is 16.5. The van der Waals surface area contributed by atoms with Crippen molar-refractivity contribution in [2.24, 2.45) is 0 Å². The average molecular weight is 135 g/mol. The topological polar surface area (TPSA) is 54.3 Å². The summed E-state index contributed by atoms with van der Waals surface area (Å²) in [5.41, 5.74) is 1.05. The van der Waals surface area contributed by atoms with Crippen LogP contribution in [0.15, 0.2) is 29.2 Å². The lowest BCUT2D eigenvalue weighted by atomic mass is 10.5. The fourth-order valence-electron chi connectivity index (χ4n) is 0.818. The fraction of sp³-hybridized carbons (Fsp3) is 0. The highest BCUT2D eigenvalue weighted by molar-refractivity contribution is 5.40. The van der Waals surface area contributed by atoms with E-state index in [0.717, 1.165) is 5.52 Å². The summed E-state index contributed by atoms with van der Waals surface area (Å²) in [6, 6.07) is 1.76. The number of fused-ring (bicyclic) bond motifs is 1. The standard InChI is InChI=1S/C6H5N3O/c7-6-4-8-3-5-1-2-10-9(5)6/h1-4,7H. The summed E-state index contributed by atoms with van der Waals surface area (Å²) in [7, 11) is 0. The van der Waals surface area contributed by atoms with Gasteiger partial charge in [-0.2, -0.15) is 4.57 Å². The Morgan fingerprint density at radius 2 is 2.40 bits per heavy atom. The molecule has 50 valence electrons. The third-order valence-corrected chi connectivity index (χ3v) is 1.26. The first kappa shape index (κ1) is 5.22. The summed E-state index contributed by atoms with van der Waals surface area (Å²) in [5.74, 6) is 0. The van der Waals surface area contributed by atoms with Crippen LogP contribution in [0.5, 0.6) is 0 Å². The van der Waals surface area contributed by atoms with Crippen LogP contribution >= 0.6 is 0 Å². The van der Waals surface area contributed by atoms with Crippen molar-refractivity contribution in [1.82, 2.24) is 9.56 Å². The van der Waals surface area contributed by atoms with Crippen molar-refractivity contribution in [1.29, 1.82) is 5.41 Å². The molecule has 0 saturated heterocycles. The number of hydrogen-bond acceptors (Lipinski definition) is 3. The van der Waals surface area contributed by atoms with Crippen LogP contribution in [-0.4, -0.2) is 9.56 Å². The second-order valence-corrected chi connectivity index (χ2v) is 1.92. The van der Waals surface area contributed by atoms with E-state index in [9.17, 15) is 0 Å².